The third-order valence-electron chi connectivity index (χ3n) is 4.39. The molecular formula is C18H15F2N5O. The van der Waals surface area contributed by atoms with Gasteiger partial charge in [-0.25, -0.2) is 23.7 Å². The fourth-order valence-electron chi connectivity index (χ4n) is 3.09. The van der Waals surface area contributed by atoms with Gasteiger partial charge in [0.2, 0.25) is 0 Å². The second-order valence-corrected chi connectivity index (χ2v) is 6.16. The number of rotatable bonds is 3. The second-order valence-electron chi connectivity index (χ2n) is 6.16. The van der Waals surface area contributed by atoms with Crippen LogP contribution >= 0.6 is 0 Å². The zero-order chi connectivity index (χ0) is 18.1. The normalized spacial score (nSPS) is 14.2. The van der Waals surface area contributed by atoms with Gasteiger partial charge in [-0.3, -0.25) is 9.69 Å². The summed E-state index contributed by atoms with van der Waals surface area (Å²) in [5, 5.41) is 0. The summed E-state index contributed by atoms with van der Waals surface area (Å²) in [5.41, 5.74) is 1.97. The Morgan fingerprint density at radius 1 is 1.19 bits per heavy atom. The van der Waals surface area contributed by atoms with Gasteiger partial charge in [0.25, 0.3) is 5.56 Å². The number of fused-ring (bicyclic) bond motifs is 1. The van der Waals surface area contributed by atoms with Gasteiger partial charge in [-0.1, -0.05) is 0 Å². The average molecular weight is 355 g/mol. The van der Waals surface area contributed by atoms with E-state index < -0.39 is 11.6 Å². The van der Waals surface area contributed by atoms with Crippen LogP contribution in [0.3, 0.4) is 0 Å². The van der Waals surface area contributed by atoms with Gasteiger partial charge in [0.05, 0.1) is 11.3 Å². The van der Waals surface area contributed by atoms with E-state index in [9.17, 15) is 13.6 Å². The van der Waals surface area contributed by atoms with E-state index >= 15 is 0 Å². The first-order valence-corrected chi connectivity index (χ1v) is 8.14. The van der Waals surface area contributed by atoms with E-state index in [-0.39, 0.29) is 17.7 Å². The third-order valence-corrected chi connectivity index (χ3v) is 4.39. The van der Waals surface area contributed by atoms with Crippen LogP contribution in [0.25, 0.3) is 11.4 Å². The molecule has 1 aliphatic rings. The maximum absolute atomic E-state index is 13.9. The third kappa shape index (κ3) is 3.23. The topological polar surface area (TPSA) is 74.8 Å². The molecule has 0 saturated heterocycles. The summed E-state index contributed by atoms with van der Waals surface area (Å²) in [5.74, 6) is -0.522. The number of nitrogens with zero attached hydrogens (tertiary/aromatic N) is 4. The first kappa shape index (κ1) is 16.5. The largest absolute Gasteiger partial charge is 0.306 e. The van der Waals surface area contributed by atoms with Crippen molar-refractivity contribution in [2.24, 2.45) is 0 Å². The van der Waals surface area contributed by atoms with Crippen molar-refractivity contribution in [1.82, 2.24) is 24.8 Å². The molecule has 1 aliphatic heterocycles. The Hall–Kier alpha value is -3.00. The SMILES string of the molecule is O=c1[nH]c(-c2cncnc2)nc2c1CCN(Cc1cc(F)ccc1F)C2. The van der Waals surface area contributed by atoms with Gasteiger partial charge >= 0.3 is 0 Å². The zero-order valence-corrected chi connectivity index (χ0v) is 13.7. The monoisotopic (exact) mass is 355 g/mol. The van der Waals surface area contributed by atoms with Crippen molar-refractivity contribution in [1.29, 1.82) is 0 Å². The Labute approximate surface area is 147 Å². The summed E-state index contributed by atoms with van der Waals surface area (Å²) in [6.07, 6.45) is 5.04. The van der Waals surface area contributed by atoms with Crippen molar-refractivity contribution in [3.8, 4) is 11.4 Å². The average Bonchev–Trinajstić information content (AvgIpc) is 2.65. The lowest BCUT2D eigenvalue weighted by Gasteiger charge is -2.27. The van der Waals surface area contributed by atoms with Crippen molar-refractivity contribution in [3.63, 3.8) is 0 Å². The fourth-order valence-corrected chi connectivity index (χ4v) is 3.09. The molecule has 6 nitrogen and oxygen atoms in total. The minimum atomic E-state index is -0.472. The number of hydrogen-bond donors (Lipinski definition) is 1. The van der Waals surface area contributed by atoms with Crippen molar-refractivity contribution in [2.75, 3.05) is 6.54 Å². The van der Waals surface area contributed by atoms with Gasteiger partial charge in [0, 0.05) is 43.2 Å². The molecule has 1 N–H and O–H groups in total. The molecule has 0 radical (unpaired) electrons. The van der Waals surface area contributed by atoms with Gasteiger partial charge in [-0.05, 0) is 24.6 Å². The summed E-state index contributed by atoms with van der Waals surface area (Å²) >= 11 is 0. The van der Waals surface area contributed by atoms with Crippen LogP contribution in [0.2, 0.25) is 0 Å². The first-order chi connectivity index (χ1) is 12.6. The van der Waals surface area contributed by atoms with Gasteiger partial charge in [0.15, 0.2) is 0 Å². The van der Waals surface area contributed by atoms with Crippen LogP contribution in [0.1, 0.15) is 16.8 Å². The van der Waals surface area contributed by atoms with E-state index in [1.54, 1.807) is 12.4 Å². The quantitative estimate of drug-likeness (QED) is 0.778. The number of halogens is 2. The Morgan fingerprint density at radius 2 is 2.00 bits per heavy atom. The van der Waals surface area contributed by atoms with Crippen LogP contribution in [-0.2, 0) is 19.5 Å². The molecule has 3 heterocycles. The summed E-state index contributed by atoms with van der Waals surface area (Å²) < 4.78 is 27.3. The summed E-state index contributed by atoms with van der Waals surface area (Å²) in [6.45, 7) is 1.21. The molecule has 0 bridgehead atoms. The van der Waals surface area contributed by atoms with Crippen molar-refractivity contribution < 1.29 is 8.78 Å². The van der Waals surface area contributed by atoms with Crippen LogP contribution in [0.4, 0.5) is 8.78 Å². The summed E-state index contributed by atoms with van der Waals surface area (Å²) in [7, 11) is 0. The zero-order valence-electron chi connectivity index (χ0n) is 13.7. The molecule has 8 heteroatoms. The lowest BCUT2D eigenvalue weighted by Crippen LogP contribution is -2.35. The van der Waals surface area contributed by atoms with Gasteiger partial charge in [-0.2, -0.15) is 0 Å². The molecule has 0 aliphatic carbocycles. The van der Waals surface area contributed by atoms with Crippen LogP contribution in [0.5, 0.6) is 0 Å². The molecule has 4 rings (SSSR count). The molecule has 26 heavy (non-hydrogen) atoms. The maximum atomic E-state index is 13.9. The predicted molar refractivity (Wildman–Crippen MR) is 90.1 cm³/mol. The highest BCUT2D eigenvalue weighted by molar-refractivity contribution is 5.52. The Morgan fingerprint density at radius 3 is 2.81 bits per heavy atom. The Bertz CT molecular complexity index is 1010. The van der Waals surface area contributed by atoms with E-state index in [1.807, 2.05) is 4.90 Å². The molecule has 1 aromatic carbocycles. The first-order valence-electron chi connectivity index (χ1n) is 8.14. The smallest absolute Gasteiger partial charge is 0.254 e. The minimum absolute atomic E-state index is 0.189. The van der Waals surface area contributed by atoms with Gasteiger partial charge < -0.3 is 4.98 Å². The van der Waals surface area contributed by atoms with Crippen molar-refractivity contribution in [3.05, 3.63) is 75.7 Å². The maximum Gasteiger partial charge on any atom is 0.254 e. The lowest BCUT2D eigenvalue weighted by molar-refractivity contribution is 0.237. The molecular weight excluding hydrogens is 340 g/mol. The van der Waals surface area contributed by atoms with Crippen molar-refractivity contribution in [2.45, 2.75) is 19.5 Å². The highest BCUT2D eigenvalue weighted by Gasteiger charge is 2.22. The Balaban J connectivity index is 1.62. The molecule has 2 aromatic heterocycles. The van der Waals surface area contributed by atoms with Crippen LogP contribution < -0.4 is 5.56 Å². The molecule has 0 spiro atoms. The lowest BCUT2D eigenvalue weighted by atomic mass is 10.0. The molecule has 0 unspecified atom stereocenters. The standard InChI is InChI=1S/C18H15F2N5O/c19-13-1-2-15(20)11(5-13)8-25-4-3-14-16(9-25)23-17(24-18(14)26)12-6-21-10-22-7-12/h1-2,5-7,10H,3-4,8-9H2,(H,23,24,26). The number of aromatic amines is 1. The molecule has 0 atom stereocenters. The second kappa shape index (κ2) is 6.72. The predicted octanol–water partition coefficient (Wildman–Crippen LogP) is 2.06. The molecule has 0 saturated carbocycles. The van der Waals surface area contributed by atoms with Crippen LogP contribution in [-0.4, -0.2) is 31.4 Å². The number of hydrogen-bond acceptors (Lipinski definition) is 5. The molecule has 3 aromatic rings. The fraction of sp³-hybridized carbons (Fsp3) is 0.222. The van der Waals surface area contributed by atoms with Gasteiger partial charge in [0.1, 0.15) is 23.8 Å². The Kier molecular flexibility index (Phi) is 4.26. The number of benzene rings is 1. The van der Waals surface area contributed by atoms with E-state index in [1.165, 1.54) is 12.4 Å². The van der Waals surface area contributed by atoms with E-state index in [0.29, 0.717) is 42.2 Å². The molecule has 132 valence electrons. The minimum Gasteiger partial charge on any atom is -0.306 e. The van der Waals surface area contributed by atoms with Crippen molar-refractivity contribution >= 4 is 0 Å². The molecule has 0 amide bonds. The van der Waals surface area contributed by atoms with Gasteiger partial charge in [-0.15, -0.1) is 0 Å². The van der Waals surface area contributed by atoms with E-state index in [4.69, 9.17) is 0 Å². The van der Waals surface area contributed by atoms with Crippen LogP contribution in [0.15, 0.2) is 41.7 Å². The van der Waals surface area contributed by atoms with E-state index in [2.05, 4.69) is 19.9 Å². The highest BCUT2D eigenvalue weighted by atomic mass is 19.1. The number of nitrogens with one attached hydrogen (secondary N) is 1. The van der Waals surface area contributed by atoms with Crippen LogP contribution in [0, 0.1) is 11.6 Å². The number of aromatic nitrogens is 4. The molecule has 0 fully saturated rings. The number of H-pyrrole nitrogens is 1. The van der Waals surface area contributed by atoms with E-state index in [0.717, 1.165) is 12.1 Å². The highest BCUT2D eigenvalue weighted by Crippen LogP contribution is 2.20. The summed E-state index contributed by atoms with van der Waals surface area (Å²) in [6, 6.07) is 3.42. The summed E-state index contributed by atoms with van der Waals surface area (Å²) in [4.78, 5) is 29.5.